The summed E-state index contributed by atoms with van der Waals surface area (Å²) in [6.45, 7) is 4.06. The van der Waals surface area contributed by atoms with Gasteiger partial charge in [-0.15, -0.1) is 0 Å². The van der Waals surface area contributed by atoms with Crippen LogP contribution >= 0.6 is 0 Å². The molecule has 0 atom stereocenters. The van der Waals surface area contributed by atoms with Gasteiger partial charge in [0, 0.05) is 6.42 Å². The molecule has 0 saturated heterocycles. The molecule has 0 aromatic heterocycles. The molecule has 0 saturated carbocycles. The summed E-state index contributed by atoms with van der Waals surface area (Å²) in [5.41, 5.74) is 1.46. The van der Waals surface area contributed by atoms with Gasteiger partial charge in [-0.3, -0.25) is 4.79 Å². The highest BCUT2D eigenvalue weighted by atomic mass is 16.5. The number of hydrogen-bond acceptors (Lipinski definition) is 4. The number of carbonyl (C=O) groups excluding carboxylic acids is 1. The Bertz CT molecular complexity index is 664. The first-order chi connectivity index (χ1) is 10.9. The first kappa shape index (κ1) is 16.9. The van der Waals surface area contributed by atoms with Gasteiger partial charge in [0.05, 0.1) is 7.11 Å². The van der Waals surface area contributed by atoms with Gasteiger partial charge in [0.15, 0.2) is 5.78 Å². The number of phenolic OH excluding ortho intramolecular Hbond substituents is 2. The molecule has 0 heterocycles. The van der Waals surface area contributed by atoms with Gasteiger partial charge < -0.3 is 14.9 Å². The predicted molar refractivity (Wildman–Crippen MR) is 90.2 cm³/mol. The molecule has 0 aliphatic carbocycles. The van der Waals surface area contributed by atoms with Gasteiger partial charge in [-0.25, -0.2) is 0 Å². The van der Waals surface area contributed by atoms with E-state index in [2.05, 4.69) is 0 Å². The smallest absolute Gasteiger partial charge is 0.170 e. The number of methoxy groups -OCH3 is 1. The third-order valence-electron chi connectivity index (χ3n) is 3.75. The van der Waals surface area contributed by atoms with Crippen molar-refractivity contribution in [1.82, 2.24) is 0 Å². The summed E-state index contributed by atoms with van der Waals surface area (Å²) >= 11 is 0. The standard InChI is InChI=1S/C19H22O4/c1-12(2)4-9-16(20)19-17(21)10-14(11-18(19)22)13-5-7-15(23-3)8-6-13/h5-8,10-12,21-22H,4,9H2,1-3H3. The molecule has 0 spiro atoms. The molecule has 0 amide bonds. The number of carbonyl (C=O) groups is 1. The average molecular weight is 314 g/mol. The van der Waals surface area contributed by atoms with Crippen LogP contribution < -0.4 is 4.74 Å². The number of rotatable bonds is 6. The number of ketones is 1. The van der Waals surface area contributed by atoms with Crippen molar-refractivity contribution < 1.29 is 19.7 Å². The van der Waals surface area contributed by atoms with E-state index in [1.807, 2.05) is 26.0 Å². The molecule has 4 nitrogen and oxygen atoms in total. The van der Waals surface area contributed by atoms with Crippen molar-refractivity contribution >= 4 is 5.78 Å². The first-order valence-corrected chi connectivity index (χ1v) is 7.66. The van der Waals surface area contributed by atoms with Crippen LogP contribution in [0.15, 0.2) is 36.4 Å². The Morgan fingerprint density at radius 1 is 1.04 bits per heavy atom. The Hall–Kier alpha value is -2.49. The summed E-state index contributed by atoms with van der Waals surface area (Å²) in [6, 6.07) is 10.3. The topological polar surface area (TPSA) is 66.8 Å². The molecular weight excluding hydrogens is 292 g/mol. The van der Waals surface area contributed by atoms with Crippen LogP contribution in [0.25, 0.3) is 11.1 Å². The highest BCUT2D eigenvalue weighted by Gasteiger charge is 2.18. The third-order valence-corrected chi connectivity index (χ3v) is 3.75. The molecule has 0 aliphatic rings. The van der Waals surface area contributed by atoms with Crippen molar-refractivity contribution in [3.8, 4) is 28.4 Å². The second kappa shape index (κ2) is 7.18. The summed E-state index contributed by atoms with van der Waals surface area (Å²) in [5, 5.41) is 20.3. The molecule has 4 heteroatoms. The van der Waals surface area contributed by atoms with E-state index in [4.69, 9.17) is 4.74 Å². The molecule has 2 N–H and O–H groups in total. The fourth-order valence-corrected chi connectivity index (χ4v) is 2.39. The van der Waals surface area contributed by atoms with Crippen LogP contribution in [0.1, 0.15) is 37.0 Å². The van der Waals surface area contributed by atoms with Gasteiger partial charge in [0.1, 0.15) is 22.8 Å². The number of benzene rings is 2. The van der Waals surface area contributed by atoms with Crippen molar-refractivity contribution in [2.24, 2.45) is 5.92 Å². The van der Waals surface area contributed by atoms with Crippen LogP contribution in [0.5, 0.6) is 17.2 Å². The molecule has 122 valence electrons. The maximum atomic E-state index is 12.2. The minimum absolute atomic E-state index is 0.00270. The summed E-state index contributed by atoms with van der Waals surface area (Å²) in [5.74, 6) is 0.494. The maximum Gasteiger partial charge on any atom is 0.170 e. The third kappa shape index (κ3) is 4.03. The summed E-state index contributed by atoms with van der Waals surface area (Å²) in [4.78, 5) is 12.2. The maximum absolute atomic E-state index is 12.2. The Morgan fingerprint density at radius 2 is 1.61 bits per heavy atom. The normalized spacial score (nSPS) is 10.8. The second-order valence-corrected chi connectivity index (χ2v) is 5.97. The van der Waals surface area contributed by atoms with E-state index >= 15 is 0 Å². The lowest BCUT2D eigenvalue weighted by atomic mass is 9.96. The fourth-order valence-electron chi connectivity index (χ4n) is 2.39. The first-order valence-electron chi connectivity index (χ1n) is 7.66. The highest BCUT2D eigenvalue weighted by molar-refractivity contribution is 6.01. The molecule has 0 unspecified atom stereocenters. The Kier molecular flexibility index (Phi) is 5.27. The SMILES string of the molecule is COc1ccc(-c2cc(O)c(C(=O)CCC(C)C)c(O)c2)cc1. The number of hydrogen-bond donors (Lipinski definition) is 2. The van der Waals surface area contributed by atoms with Crippen molar-refractivity contribution in [3.63, 3.8) is 0 Å². The van der Waals surface area contributed by atoms with Crippen LogP contribution in [0.3, 0.4) is 0 Å². The zero-order chi connectivity index (χ0) is 17.0. The minimum Gasteiger partial charge on any atom is -0.507 e. The molecular formula is C19H22O4. The Balaban J connectivity index is 2.30. The molecule has 2 aromatic carbocycles. The van der Waals surface area contributed by atoms with Gasteiger partial charge in [-0.1, -0.05) is 26.0 Å². The van der Waals surface area contributed by atoms with E-state index in [0.29, 0.717) is 17.9 Å². The van der Waals surface area contributed by atoms with Crippen molar-refractivity contribution in [2.75, 3.05) is 7.11 Å². The summed E-state index contributed by atoms with van der Waals surface area (Å²) in [7, 11) is 1.59. The Morgan fingerprint density at radius 3 is 2.09 bits per heavy atom. The number of phenols is 2. The van der Waals surface area contributed by atoms with E-state index < -0.39 is 0 Å². The van der Waals surface area contributed by atoms with Gasteiger partial charge in [0.2, 0.25) is 0 Å². The highest BCUT2D eigenvalue weighted by Crippen LogP contribution is 2.35. The molecule has 23 heavy (non-hydrogen) atoms. The van der Waals surface area contributed by atoms with Crippen molar-refractivity contribution in [1.29, 1.82) is 0 Å². The monoisotopic (exact) mass is 314 g/mol. The molecule has 0 fully saturated rings. The van der Waals surface area contributed by atoms with Crippen LogP contribution in [-0.2, 0) is 0 Å². The van der Waals surface area contributed by atoms with E-state index in [9.17, 15) is 15.0 Å². The van der Waals surface area contributed by atoms with Gasteiger partial charge in [0.25, 0.3) is 0 Å². The van der Waals surface area contributed by atoms with Gasteiger partial charge in [-0.2, -0.15) is 0 Å². The number of ether oxygens (including phenoxy) is 1. The molecule has 0 radical (unpaired) electrons. The van der Waals surface area contributed by atoms with E-state index in [-0.39, 0.29) is 22.8 Å². The lowest BCUT2D eigenvalue weighted by Crippen LogP contribution is -2.02. The average Bonchev–Trinajstić information content (AvgIpc) is 2.52. The predicted octanol–water partition coefficient (Wildman–Crippen LogP) is 4.39. The minimum atomic E-state index is -0.241. The van der Waals surface area contributed by atoms with E-state index in [1.165, 1.54) is 12.1 Å². The van der Waals surface area contributed by atoms with Crippen molar-refractivity contribution in [2.45, 2.75) is 26.7 Å². The number of aromatic hydroxyl groups is 2. The van der Waals surface area contributed by atoms with E-state index in [1.54, 1.807) is 19.2 Å². The fraction of sp³-hybridized carbons (Fsp3) is 0.316. The lowest BCUT2D eigenvalue weighted by molar-refractivity contribution is 0.0970. The Labute approximate surface area is 136 Å². The zero-order valence-electron chi connectivity index (χ0n) is 13.7. The molecule has 0 aliphatic heterocycles. The van der Waals surface area contributed by atoms with Crippen LogP contribution in [0.2, 0.25) is 0 Å². The number of Topliss-reactive ketones (excluding diaryl/α,β-unsaturated/α-hetero) is 1. The van der Waals surface area contributed by atoms with Gasteiger partial charge >= 0.3 is 0 Å². The lowest BCUT2D eigenvalue weighted by Gasteiger charge is -2.11. The van der Waals surface area contributed by atoms with Gasteiger partial charge in [-0.05, 0) is 47.7 Å². The largest absolute Gasteiger partial charge is 0.507 e. The van der Waals surface area contributed by atoms with Crippen LogP contribution in [0.4, 0.5) is 0 Å². The second-order valence-electron chi connectivity index (χ2n) is 5.97. The molecule has 2 rings (SSSR count). The molecule has 2 aromatic rings. The van der Waals surface area contributed by atoms with Crippen LogP contribution in [-0.4, -0.2) is 23.1 Å². The van der Waals surface area contributed by atoms with E-state index in [0.717, 1.165) is 17.7 Å². The van der Waals surface area contributed by atoms with Crippen molar-refractivity contribution in [3.05, 3.63) is 42.0 Å². The summed E-state index contributed by atoms with van der Waals surface area (Å²) < 4.78 is 5.11. The van der Waals surface area contributed by atoms with Crippen LogP contribution in [0, 0.1) is 5.92 Å². The molecule has 0 bridgehead atoms. The summed E-state index contributed by atoms with van der Waals surface area (Å²) in [6.07, 6.45) is 1.03. The zero-order valence-corrected chi connectivity index (χ0v) is 13.7. The quantitative estimate of drug-likeness (QED) is 0.776.